The van der Waals surface area contributed by atoms with Gasteiger partial charge in [0.05, 0.1) is 6.61 Å². The number of aryl methyl sites for hydroxylation is 1. The van der Waals surface area contributed by atoms with E-state index in [-0.39, 0.29) is 0 Å². The fourth-order valence-electron chi connectivity index (χ4n) is 4.22. The fraction of sp³-hybridized carbons (Fsp3) is 0.667. The summed E-state index contributed by atoms with van der Waals surface area (Å²) in [5, 5.41) is 0. The molecule has 0 N–H and O–H groups in total. The lowest BCUT2D eigenvalue weighted by molar-refractivity contribution is 0.304. The maximum Gasteiger partial charge on any atom is 0.159 e. The first-order chi connectivity index (χ1) is 16.3. The monoisotopic (exact) mass is 452 g/mol. The molecular weight excluding hydrogens is 404 g/mol. The van der Waals surface area contributed by atoms with E-state index in [0.29, 0.717) is 0 Å². The predicted molar refractivity (Wildman–Crippen MR) is 142 cm³/mol. The van der Waals surface area contributed by atoms with Gasteiger partial charge in [0.1, 0.15) is 5.75 Å². The van der Waals surface area contributed by atoms with Crippen LogP contribution in [-0.2, 0) is 6.42 Å². The normalized spacial score (nSPS) is 11.1. The first-order valence-corrected chi connectivity index (χ1v) is 13.9. The molecule has 0 unspecified atom stereocenters. The van der Waals surface area contributed by atoms with Crippen LogP contribution in [0.25, 0.3) is 11.4 Å². The lowest BCUT2D eigenvalue weighted by atomic mass is 10.1. The number of rotatable bonds is 20. The van der Waals surface area contributed by atoms with Gasteiger partial charge in [-0.15, -0.1) is 0 Å². The minimum Gasteiger partial charge on any atom is -0.494 e. The summed E-state index contributed by atoms with van der Waals surface area (Å²) in [6.45, 7) is 5.35. The second-order valence-electron chi connectivity index (χ2n) is 9.49. The largest absolute Gasteiger partial charge is 0.494 e. The Morgan fingerprint density at radius 2 is 1.06 bits per heavy atom. The molecule has 2 aromatic rings. The molecule has 2 rings (SSSR count). The van der Waals surface area contributed by atoms with Crippen LogP contribution in [0.4, 0.5) is 0 Å². The van der Waals surface area contributed by atoms with Crippen molar-refractivity contribution in [2.75, 3.05) is 6.61 Å². The summed E-state index contributed by atoms with van der Waals surface area (Å²) in [5.74, 6) is 1.73. The molecule has 0 spiro atoms. The van der Waals surface area contributed by atoms with E-state index < -0.39 is 0 Å². The molecule has 0 bridgehead atoms. The molecular formula is C30H48N2O. The molecule has 1 aromatic heterocycles. The van der Waals surface area contributed by atoms with Crippen molar-refractivity contribution in [1.82, 2.24) is 9.97 Å². The summed E-state index contributed by atoms with van der Waals surface area (Å²) in [6.07, 6.45) is 26.5. The third kappa shape index (κ3) is 12.8. The minimum atomic E-state index is 0.796. The molecule has 0 amide bonds. The van der Waals surface area contributed by atoms with Crippen LogP contribution in [0.1, 0.15) is 122 Å². The van der Waals surface area contributed by atoms with Crippen molar-refractivity contribution in [3.05, 3.63) is 42.2 Å². The highest BCUT2D eigenvalue weighted by atomic mass is 16.5. The van der Waals surface area contributed by atoms with E-state index in [2.05, 4.69) is 35.9 Å². The van der Waals surface area contributed by atoms with E-state index in [9.17, 15) is 0 Å². The van der Waals surface area contributed by atoms with Crippen molar-refractivity contribution in [3.63, 3.8) is 0 Å². The van der Waals surface area contributed by atoms with E-state index in [1.54, 1.807) is 0 Å². The van der Waals surface area contributed by atoms with Gasteiger partial charge in [0, 0.05) is 18.0 Å². The van der Waals surface area contributed by atoms with Crippen LogP contribution >= 0.6 is 0 Å². The second kappa shape index (κ2) is 18.5. The maximum atomic E-state index is 5.91. The molecule has 1 heterocycles. The lowest BCUT2D eigenvalue weighted by Crippen LogP contribution is -1.97. The number of hydrogen-bond acceptors (Lipinski definition) is 3. The molecule has 3 heteroatoms. The van der Waals surface area contributed by atoms with Gasteiger partial charge in [-0.1, -0.05) is 104 Å². The average molecular weight is 453 g/mol. The minimum absolute atomic E-state index is 0.796. The number of unbranched alkanes of at least 4 members (excludes halogenated alkanes) is 14. The summed E-state index contributed by atoms with van der Waals surface area (Å²) in [6, 6.07) is 8.21. The summed E-state index contributed by atoms with van der Waals surface area (Å²) < 4.78 is 5.91. The zero-order chi connectivity index (χ0) is 23.4. The van der Waals surface area contributed by atoms with Gasteiger partial charge in [-0.3, -0.25) is 0 Å². The quantitative estimate of drug-likeness (QED) is 0.188. The number of benzene rings is 1. The molecule has 3 nitrogen and oxygen atoms in total. The molecule has 0 atom stereocenters. The SMILES string of the molecule is CCCCCCCCCCOc1ccc(-c2ncc(CCCCCCCCCC)cn2)cc1. The fourth-order valence-corrected chi connectivity index (χ4v) is 4.22. The van der Waals surface area contributed by atoms with Crippen LogP contribution in [0.3, 0.4) is 0 Å². The van der Waals surface area contributed by atoms with Gasteiger partial charge < -0.3 is 4.74 Å². The van der Waals surface area contributed by atoms with Gasteiger partial charge in [-0.25, -0.2) is 9.97 Å². The summed E-state index contributed by atoms with van der Waals surface area (Å²) in [7, 11) is 0. The van der Waals surface area contributed by atoms with Crippen molar-refractivity contribution in [2.45, 2.75) is 123 Å². The summed E-state index contributed by atoms with van der Waals surface area (Å²) >= 11 is 0. The molecule has 33 heavy (non-hydrogen) atoms. The van der Waals surface area contributed by atoms with Crippen molar-refractivity contribution in [3.8, 4) is 17.1 Å². The summed E-state index contributed by atoms with van der Waals surface area (Å²) in [5.41, 5.74) is 2.29. The lowest BCUT2D eigenvalue weighted by Gasteiger charge is -2.07. The van der Waals surface area contributed by atoms with Crippen LogP contribution < -0.4 is 4.74 Å². The van der Waals surface area contributed by atoms with E-state index in [1.165, 1.54) is 102 Å². The molecule has 0 fully saturated rings. The topological polar surface area (TPSA) is 35.0 Å². The number of aromatic nitrogens is 2. The third-order valence-electron chi connectivity index (χ3n) is 6.40. The zero-order valence-corrected chi connectivity index (χ0v) is 21.5. The average Bonchev–Trinajstić information content (AvgIpc) is 2.85. The van der Waals surface area contributed by atoms with Gasteiger partial charge in [-0.05, 0) is 49.1 Å². The van der Waals surface area contributed by atoms with Crippen molar-refractivity contribution < 1.29 is 4.74 Å². The van der Waals surface area contributed by atoms with Crippen LogP contribution in [0.2, 0.25) is 0 Å². The van der Waals surface area contributed by atoms with Gasteiger partial charge in [0.25, 0.3) is 0 Å². The maximum absolute atomic E-state index is 5.91. The summed E-state index contributed by atoms with van der Waals surface area (Å²) in [4.78, 5) is 9.20. The zero-order valence-electron chi connectivity index (χ0n) is 21.5. The standard InChI is InChI=1S/C30H48N2O/c1-3-5-7-9-11-13-15-17-19-27-25-31-30(32-26-27)28-20-22-29(23-21-28)33-24-18-16-14-12-10-8-6-4-2/h20-23,25-26H,3-19,24H2,1-2H3. The van der Waals surface area contributed by atoms with E-state index >= 15 is 0 Å². The number of ether oxygens (including phenoxy) is 1. The second-order valence-corrected chi connectivity index (χ2v) is 9.49. The first kappa shape index (κ1) is 27.3. The van der Waals surface area contributed by atoms with Gasteiger partial charge >= 0.3 is 0 Å². The van der Waals surface area contributed by atoms with E-state index in [4.69, 9.17) is 4.74 Å². The number of hydrogen-bond donors (Lipinski definition) is 0. The van der Waals surface area contributed by atoms with Gasteiger partial charge in [0.2, 0.25) is 0 Å². The van der Waals surface area contributed by atoms with Gasteiger partial charge in [-0.2, -0.15) is 0 Å². The molecule has 1 aromatic carbocycles. The smallest absolute Gasteiger partial charge is 0.159 e. The van der Waals surface area contributed by atoms with Crippen molar-refractivity contribution >= 4 is 0 Å². The highest BCUT2D eigenvalue weighted by molar-refractivity contribution is 5.55. The van der Waals surface area contributed by atoms with Gasteiger partial charge in [0.15, 0.2) is 5.82 Å². The van der Waals surface area contributed by atoms with Crippen LogP contribution in [0.5, 0.6) is 5.75 Å². The third-order valence-corrected chi connectivity index (χ3v) is 6.40. The highest BCUT2D eigenvalue weighted by Gasteiger charge is 2.03. The molecule has 184 valence electrons. The molecule has 0 saturated heterocycles. The molecule has 0 saturated carbocycles. The van der Waals surface area contributed by atoms with Crippen LogP contribution in [0, 0.1) is 0 Å². The Labute approximate surface area is 203 Å². The molecule has 0 aliphatic rings. The Kier molecular flexibility index (Phi) is 15.3. The van der Waals surface area contributed by atoms with Crippen molar-refractivity contribution in [2.24, 2.45) is 0 Å². The Morgan fingerprint density at radius 1 is 0.576 bits per heavy atom. The Morgan fingerprint density at radius 3 is 1.61 bits per heavy atom. The van der Waals surface area contributed by atoms with Crippen LogP contribution in [0.15, 0.2) is 36.7 Å². The Balaban J connectivity index is 1.59. The molecule has 0 radical (unpaired) electrons. The van der Waals surface area contributed by atoms with E-state index in [1.807, 2.05) is 24.5 Å². The molecule has 0 aliphatic heterocycles. The van der Waals surface area contributed by atoms with Crippen LogP contribution in [-0.4, -0.2) is 16.6 Å². The Bertz CT molecular complexity index is 696. The predicted octanol–water partition coefficient (Wildman–Crippen LogP) is 9.35. The number of nitrogens with zero attached hydrogens (tertiary/aromatic N) is 2. The Hall–Kier alpha value is -1.90. The highest BCUT2D eigenvalue weighted by Crippen LogP contribution is 2.20. The van der Waals surface area contributed by atoms with Crippen molar-refractivity contribution in [1.29, 1.82) is 0 Å². The first-order valence-electron chi connectivity index (χ1n) is 13.9. The van der Waals surface area contributed by atoms with E-state index in [0.717, 1.165) is 36.6 Å². The molecule has 0 aliphatic carbocycles.